The first-order valence-electron chi connectivity index (χ1n) is 12.2. The number of carbonyl (C=O) groups is 2. The molecule has 34 heavy (non-hydrogen) atoms. The first-order valence-corrected chi connectivity index (χ1v) is 12.2. The molecule has 3 heterocycles. The number of piperidine rings is 1. The van der Waals surface area contributed by atoms with E-state index in [1.165, 1.54) is 12.0 Å². The number of nitrogens with zero attached hydrogens (tertiary/aromatic N) is 2. The Labute approximate surface area is 200 Å². The van der Waals surface area contributed by atoms with Gasteiger partial charge < -0.3 is 20.3 Å². The first kappa shape index (κ1) is 22.6. The predicted octanol–water partition coefficient (Wildman–Crippen LogP) is 3.62. The van der Waals surface area contributed by atoms with Crippen molar-refractivity contribution in [1.82, 2.24) is 20.5 Å². The van der Waals surface area contributed by atoms with Crippen molar-refractivity contribution in [3.63, 3.8) is 0 Å². The Morgan fingerprint density at radius 2 is 2.03 bits per heavy atom. The van der Waals surface area contributed by atoms with Crippen molar-refractivity contribution < 1.29 is 14.3 Å². The Kier molecular flexibility index (Phi) is 6.37. The lowest BCUT2D eigenvalue weighted by atomic mass is 9.92. The summed E-state index contributed by atoms with van der Waals surface area (Å²) >= 11 is 0. The van der Waals surface area contributed by atoms with Gasteiger partial charge in [0.15, 0.2) is 0 Å². The summed E-state index contributed by atoms with van der Waals surface area (Å²) in [6.45, 7) is 7.02. The van der Waals surface area contributed by atoms with E-state index in [-0.39, 0.29) is 24.0 Å². The van der Waals surface area contributed by atoms with Crippen molar-refractivity contribution >= 4 is 11.8 Å². The minimum atomic E-state index is -0.446. The lowest BCUT2D eigenvalue weighted by molar-refractivity contribution is -0.126. The molecule has 7 nitrogen and oxygen atoms in total. The topological polar surface area (TPSA) is 83.6 Å². The maximum Gasteiger partial charge on any atom is 0.255 e. The lowest BCUT2D eigenvalue weighted by Crippen LogP contribution is -2.49. The van der Waals surface area contributed by atoms with E-state index in [0.29, 0.717) is 24.9 Å². The van der Waals surface area contributed by atoms with Crippen molar-refractivity contribution in [3.8, 4) is 5.75 Å². The van der Waals surface area contributed by atoms with Gasteiger partial charge >= 0.3 is 0 Å². The number of allylic oxidation sites excluding steroid dienone is 1. The number of aromatic nitrogens is 1. The van der Waals surface area contributed by atoms with E-state index < -0.39 is 6.04 Å². The van der Waals surface area contributed by atoms with E-state index in [9.17, 15) is 9.59 Å². The fourth-order valence-electron chi connectivity index (χ4n) is 5.20. The molecule has 7 heteroatoms. The first-order chi connectivity index (χ1) is 16.5. The van der Waals surface area contributed by atoms with E-state index in [0.717, 1.165) is 48.5 Å². The molecule has 1 aromatic carbocycles. The summed E-state index contributed by atoms with van der Waals surface area (Å²) < 4.78 is 6.45. The number of pyridine rings is 1. The Morgan fingerprint density at radius 1 is 1.18 bits per heavy atom. The van der Waals surface area contributed by atoms with Crippen molar-refractivity contribution in [1.29, 1.82) is 0 Å². The van der Waals surface area contributed by atoms with Crippen LogP contribution in [0.3, 0.4) is 0 Å². The molecule has 2 aliphatic heterocycles. The highest BCUT2D eigenvalue weighted by Crippen LogP contribution is 2.32. The average molecular weight is 461 g/mol. The van der Waals surface area contributed by atoms with E-state index >= 15 is 0 Å². The minimum Gasteiger partial charge on any atom is -0.489 e. The molecule has 1 aliphatic carbocycles. The second-order valence-electron chi connectivity index (χ2n) is 9.64. The van der Waals surface area contributed by atoms with Crippen LogP contribution in [0.15, 0.2) is 48.8 Å². The molecule has 2 aromatic rings. The number of amides is 2. The summed E-state index contributed by atoms with van der Waals surface area (Å²) in [5, 5.41) is 6.45. The van der Waals surface area contributed by atoms with Gasteiger partial charge in [-0.1, -0.05) is 19.1 Å². The maximum atomic E-state index is 13.0. The number of fused-ring (bicyclic) bond motifs is 1. The third kappa shape index (κ3) is 4.71. The normalized spacial score (nSPS) is 24.7. The molecule has 1 aromatic heterocycles. The quantitative estimate of drug-likeness (QED) is 0.688. The van der Waals surface area contributed by atoms with Crippen LogP contribution in [0.1, 0.15) is 65.7 Å². The van der Waals surface area contributed by atoms with Crippen LogP contribution in [0.5, 0.6) is 5.75 Å². The third-order valence-corrected chi connectivity index (χ3v) is 7.14. The van der Waals surface area contributed by atoms with E-state index in [4.69, 9.17) is 4.74 Å². The maximum absolute atomic E-state index is 13.0. The molecule has 0 spiro atoms. The van der Waals surface area contributed by atoms with Crippen LogP contribution in [0.25, 0.3) is 0 Å². The molecule has 2 amide bonds. The van der Waals surface area contributed by atoms with Crippen LogP contribution in [0.2, 0.25) is 0 Å². The highest BCUT2D eigenvalue weighted by Gasteiger charge is 2.38. The molecule has 2 fully saturated rings. The fourth-order valence-corrected chi connectivity index (χ4v) is 5.20. The standard InChI is InChI=1S/C27H32N4O3/c1-17-7-9-19(14-28-17)15-29-23-5-3-4-6-25(23)34-21-10-11-22-20(13-21)16-31(27(22)33)24-12-8-18(2)30-26(24)32/h7,9-11,13-14,23-25,29H,2-6,8,12,15-16H2,1H3,(H,30,32)/t23-,24?,25-/m1/s1. The fraction of sp³-hybridized carbons (Fsp3) is 0.444. The van der Waals surface area contributed by atoms with Gasteiger partial charge in [0.1, 0.15) is 17.9 Å². The van der Waals surface area contributed by atoms with Gasteiger partial charge in [-0.15, -0.1) is 0 Å². The van der Waals surface area contributed by atoms with Gasteiger partial charge in [0, 0.05) is 42.3 Å². The zero-order chi connectivity index (χ0) is 23.7. The molecule has 178 valence electrons. The number of hydrogen-bond acceptors (Lipinski definition) is 5. The monoisotopic (exact) mass is 460 g/mol. The predicted molar refractivity (Wildman–Crippen MR) is 129 cm³/mol. The van der Waals surface area contributed by atoms with Gasteiger partial charge in [0.2, 0.25) is 5.91 Å². The molecule has 0 bridgehead atoms. The summed E-state index contributed by atoms with van der Waals surface area (Å²) in [6, 6.07) is 9.67. The van der Waals surface area contributed by atoms with Gasteiger partial charge in [0.05, 0.1) is 0 Å². The second kappa shape index (κ2) is 9.58. The zero-order valence-corrected chi connectivity index (χ0v) is 19.7. The van der Waals surface area contributed by atoms with Crippen LogP contribution in [0, 0.1) is 6.92 Å². The van der Waals surface area contributed by atoms with Crippen LogP contribution in [-0.4, -0.2) is 39.9 Å². The summed E-state index contributed by atoms with van der Waals surface area (Å²) in [5.74, 6) is 0.553. The molecule has 0 radical (unpaired) electrons. The Balaban J connectivity index is 1.24. The van der Waals surface area contributed by atoms with E-state index in [1.807, 2.05) is 37.4 Å². The van der Waals surface area contributed by atoms with Gasteiger partial charge in [-0.05, 0) is 74.4 Å². The van der Waals surface area contributed by atoms with E-state index in [2.05, 4.69) is 28.3 Å². The van der Waals surface area contributed by atoms with Gasteiger partial charge in [-0.25, -0.2) is 0 Å². The average Bonchev–Trinajstić information content (AvgIpc) is 3.15. The zero-order valence-electron chi connectivity index (χ0n) is 19.7. The number of ether oxygens (including phenoxy) is 1. The van der Waals surface area contributed by atoms with E-state index in [1.54, 1.807) is 4.90 Å². The Morgan fingerprint density at radius 3 is 2.82 bits per heavy atom. The molecule has 1 unspecified atom stereocenters. The Hall–Kier alpha value is -3.19. The number of benzene rings is 1. The van der Waals surface area contributed by atoms with Gasteiger partial charge in [0.25, 0.3) is 5.91 Å². The van der Waals surface area contributed by atoms with Crippen LogP contribution in [-0.2, 0) is 17.9 Å². The largest absolute Gasteiger partial charge is 0.489 e. The van der Waals surface area contributed by atoms with Gasteiger partial charge in [-0.2, -0.15) is 0 Å². The highest BCUT2D eigenvalue weighted by molar-refractivity contribution is 6.01. The number of nitrogens with one attached hydrogen (secondary N) is 2. The molecule has 1 saturated heterocycles. The molecular formula is C27H32N4O3. The SMILES string of the molecule is C=C1CCC(N2Cc3cc(O[C@@H]4CCCC[C@H]4NCc4ccc(C)nc4)ccc3C2=O)C(=O)N1. The molecule has 2 N–H and O–H groups in total. The second-order valence-corrected chi connectivity index (χ2v) is 9.64. The number of carbonyl (C=O) groups excluding carboxylic acids is 2. The number of aryl methyl sites for hydroxylation is 1. The van der Waals surface area contributed by atoms with Crippen LogP contribution < -0.4 is 15.4 Å². The third-order valence-electron chi connectivity index (χ3n) is 7.14. The number of rotatable bonds is 6. The highest BCUT2D eigenvalue weighted by atomic mass is 16.5. The summed E-state index contributed by atoms with van der Waals surface area (Å²) in [7, 11) is 0. The molecule has 3 atom stereocenters. The molecule has 1 saturated carbocycles. The van der Waals surface area contributed by atoms with Crippen LogP contribution in [0.4, 0.5) is 0 Å². The lowest BCUT2D eigenvalue weighted by Gasteiger charge is -2.33. The molecule has 3 aliphatic rings. The van der Waals surface area contributed by atoms with Crippen LogP contribution >= 0.6 is 0 Å². The van der Waals surface area contributed by atoms with Crippen molar-refractivity contribution in [2.75, 3.05) is 0 Å². The Bertz CT molecular complexity index is 1100. The molecular weight excluding hydrogens is 428 g/mol. The smallest absolute Gasteiger partial charge is 0.255 e. The molecule has 5 rings (SSSR count). The summed E-state index contributed by atoms with van der Waals surface area (Å²) in [6.07, 6.45) is 7.71. The summed E-state index contributed by atoms with van der Waals surface area (Å²) in [4.78, 5) is 31.5. The summed E-state index contributed by atoms with van der Waals surface area (Å²) in [5.41, 5.74) is 4.49. The van der Waals surface area contributed by atoms with Crippen molar-refractivity contribution in [2.24, 2.45) is 0 Å². The van der Waals surface area contributed by atoms with Crippen molar-refractivity contribution in [2.45, 2.75) is 76.7 Å². The van der Waals surface area contributed by atoms with Crippen molar-refractivity contribution in [3.05, 3.63) is 71.2 Å². The number of hydrogen-bond donors (Lipinski definition) is 2. The minimum absolute atomic E-state index is 0.0774. The van der Waals surface area contributed by atoms with Gasteiger partial charge in [-0.3, -0.25) is 14.6 Å².